The lowest BCUT2D eigenvalue weighted by atomic mass is 9.85. The third-order valence-corrected chi connectivity index (χ3v) is 3.50. The van der Waals surface area contributed by atoms with Crippen molar-refractivity contribution in [2.45, 2.75) is 39.2 Å². The van der Waals surface area contributed by atoms with Crippen LogP contribution in [0.5, 0.6) is 0 Å². The van der Waals surface area contributed by atoms with E-state index in [1.807, 2.05) is 0 Å². The number of benzene rings is 1. The summed E-state index contributed by atoms with van der Waals surface area (Å²) in [5.74, 6) is 0.847. The third-order valence-electron chi connectivity index (χ3n) is 2.97. The number of hydrogen-bond acceptors (Lipinski definition) is 1. The number of guanidine groups is 1. The summed E-state index contributed by atoms with van der Waals surface area (Å²) in [5, 5.41) is 6.68. The first kappa shape index (κ1) is 19.7. The topological polar surface area (TPSA) is 36.4 Å². The molecule has 0 unspecified atom stereocenters. The Kier molecular flexibility index (Phi) is 8.74. The maximum absolute atomic E-state index is 4.23. The highest BCUT2D eigenvalue weighted by Gasteiger charge is 2.20. The lowest BCUT2D eigenvalue weighted by Crippen LogP contribution is -2.45. The predicted octanol–water partition coefficient (Wildman–Crippen LogP) is 3.92. The van der Waals surface area contributed by atoms with Gasteiger partial charge in [0.2, 0.25) is 0 Å². The van der Waals surface area contributed by atoms with E-state index in [0.717, 1.165) is 17.0 Å². The molecule has 0 aromatic heterocycles. The van der Waals surface area contributed by atoms with Gasteiger partial charge < -0.3 is 10.6 Å². The van der Waals surface area contributed by atoms with Crippen molar-refractivity contribution in [3.05, 3.63) is 34.3 Å². The summed E-state index contributed by atoms with van der Waals surface area (Å²) in [6, 6.07) is 8.85. The molecule has 0 heterocycles. The fourth-order valence-electron chi connectivity index (χ4n) is 1.78. The Morgan fingerprint density at radius 1 is 1.25 bits per heavy atom. The first-order chi connectivity index (χ1) is 8.85. The van der Waals surface area contributed by atoms with Crippen LogP contribution in [0.4, 0.5) is 0 Å². The van der Waals surface area contributed by atoms with Gasteiger partial charge in [0.15, 0.2) is 5.96 Å². The average molecular weight is 454 g/mol. The zero-order chi connectivity index (χ0) is 14.5. The Morgan fingerprint density at radius 3 is 2.25 bits per heavy atom. The first-order valence-electron chi connectivity index (χ1n) is 6.58. The molecule has 20 heavy (non-hydrogen) atoms. The molecule has 0 fully saturated rings. The minimum atomic E-state index is 0. The highest BCUT2D eigenvalue weighted by molar-refractivity contribution is 14.0. The van der Waals surface area contributed by atoms with E-state index in [1.54, 1.807) is 7.05 Å². The lowest BCUT2D eigenvalue weighted by molar-refractivity contribution is 0.506. The van der Waals surface area contributed by atoms with Crippen molar-refractivity contribution < 1.29 is 0 Å². The summed E-state index contributed by atoms with van der Waals surface area (Å²) in [5.41, 5.74) is 1.36. The SMILES string of the molecule is CN=C(NCC(C)(C)c1ccc(Br)cc1)NC(C)C.I. The van der Waals surface area contributed by atoms with Gasteiger partial charge in [-0.1, -0.05) is 41.9 Å². The van der Waals surface area contributed by atoms with Gasteiger partial charge in [0.05, 0.1) is 0 Å². The number of nitrogens with one attached hydrogen (secondary N) is 2. The second-order valence-electron chi connectivity index (χ2n) is 5.62. The highest BCUT2D eigenvalue weighted by Crippen LogP contribution is 2.23. The van der Waals surface area contributed by atoms with Gasteiger partial charge in [0, 0.05) is 29.5 Å². The van der Waals surface area contributed by atoms with Gasteiger partial charge in [-0.2, -0.15) is 0 Å². The molecule has 0 aliphatic carbocycles. The quantitative estimate of drug-likeness (QED) is 0.411. The third kappa shape index (κ3) is 6.43. The predicted molar refractivity (Wildman–Crippen MR) is 102 cm³/mol. The Morgan fingerprint density at radius 2 is 1.80 bits per heavy atom. The fourth-order valence-corrected chi connectivity index (χ4v) is 2.04. The zero-order valence-corrected chi connectivity index (χ0v) is 16.7. The van der Waals surface area contributed by atoms with Crippen molar-refractivity contribution in [1.82, 2.24) is 10.6 Å². The molecule has 114 valence electrons. The monoisotopic (exact) mass is 453 g/mol. The molecule has 0 saturated heterocycles. The van der Waals surface area contributed by atoms with E-state index in [-0.39, 0.29) is 29.4 Å². The summed E-state index contributed by atoms with van der Waals surface area (Å²) in [7, 11) is 1.80. The van der Waals surface area contributed by atoms with E-state index in [9.17, 15) is 0 Å². The number of nitrogens with zero attached hydrogens (tertiary/aromatic N) is 1. The smallest absolute Gasteiger partial charge is 0.191 e. The summed E-state index contributed by atoms with van der Waals surface area (Å²) < 4.78 is 1.11. The Hall–Kier alpha value is -0.300. The molecular weight excluding hydrogens is 429 g/mol. The minimum Gasteiger partial charge on any atom is -0.356 e. The van der Waals surface area contributed by atoms with Gasteiger partial charge in [0.1, 0.15) is 0 Å². The minimum absolute atomic E-state index is 0. The van der Waals surface area contributed by atoms with Crippen LogP contribution < -0.4 is 10.6 Å². The molecule has 0 aliphatic heterocycles. The first-order valence-corrected chi connectivity index (χ1v) is 7.37. The molecule has 0 amide bonds. The number of rotatable bonds is 4. The molecular formula is C15H25BrIN3. The molecule has 0 spiro atoms. The molecule has 0 saturated carbocycles. The van der Waals surface area contributed by atoms with Gasteiger partial charge in [-0.05, 0) is 31.5 Å². The van der Waals surface area contributed by atoms with Crippen LogP contribution in [0, 0.1) is 0 Å². The molecule has 0 aliphatic rings. The number of aliphatic imine (C=N–C) groups is 1. The van der Waals surface area contributed by atoms with Gasteiger partial charge >= 0.3 is 0 Å². The van der Waals surface area contributed by atoms with Gasteiger partial charge in [-0.15, -0.1) is 24.0 Å². The van der Waals surface area contributed by atoms with Crippen LogP contribution in [0.3, 0.4) is 0 Å². The molecule has 0 bridgehead atoms. The van der Waals surface area contributed by atoms with Gasteiger partial charge in [0.25, 0.3) is 0 Å². The van der Waals surface area contributed by atoms with Crippen LogP contribution in [0.2, 0.25) is 0 Å². The van der Waals surface area contributed by atoms with E-state index in [1.165, 1.54) is 5.56 Å². The highest BCUT2D eigenvalue weighted by atomic mass is 127. The van der Waals surface area contributed by atoms with Gasteiger partial charge in [-0.25, -0.2) is 0 Å². The lowest BCUT2D eigenvalue weighted by Gasteiger charge is -2.27. The van der Waals surface area contributed by atoms with Crippen LogP contribution in [0.25, 0.3) is 0 Å². The second-order valence-corrected chi connectivity index (χ2v) is 6.53. The van der Waals surface area contributed by atoms with E-state index >= 15 is 0 Å². The Balaban J connectivity index is 0.00000361. The average Bonchev–Trinajstić information content (AvgIpc) is 2.34. The van der Waals surface area contributed by atoms with Crippen molar-refractivity contribution in [3.63, 3.8) is 0 Å². The summed E-state index contributed by atoms with van der Waals surface area (Å²) in [4.78, 5) is 4.23. The maximum atomic E-state index is 4.23. The summed E-state index contributed by atoms with van der Waals surface area (Å²) >= 11 is 3.47. The van der Waals surface area contributed by atoms with Crippen molar-refractivity contribution in [1.29, 1.82) is 0 Å². The Labute approximate surface area is 148 Å². The molecule has 0 atom stereocenters. The molecule has 5 heteroatoms. The normalized spacial score (nSPS) is 12.1. The van der Waals surface area contributed by atoms with E-state index in [4.69, 9.17) is 0 Å². The summed E-state index contributed by atoms with van der Waals surface area (Å²) in [6.07, 6.45) is 0. The van der Waals surface area contributed by atoms with Crippen LogP contribution in [-0.2, 0) is 5.41 Å². The van der Waals surface area contributed by atoms with Crippen LogP contribution in [0.1, 0.15) is 33.3 Å². The van der Waals surface area contributed by atoms with Crippen LogP contribution in [0.15, 0.2) is 33.7 Å². The van der Waals surface area contributed by atoms with Crippen molar-refractivity contribution in [3.8, 4) is 0 Å². The van der Waals surface area contributed by atoms with Crippen molar-refractivity contribution in [2.24, 2.45) is 4.99 Å². The largest absolute Gasteiger partial charge is 0.356 e. The molecule has 1 rings (SSSR count). The maximum Gasteiger partial charge on any atom is 0.191 e. The van der Waals surface area contributed by atoms with Crippen LogP contribution >= 0.6 is 39.9 Å². The van der Waals surface area contributed by atoms with Gasteiger partial charge in [-0.3, -0.25) is 4.99 Å². The van der Waals surface area contributed by atoms with E-state index < -0.39 is 0 Å². The molecule has 0 radical (unpaired) electrons. The van der Waals surface area contributed by atoms with E-state index in [0.29, 0.717) is 6.04 Å². The zero-order valence-electron chi connectivity index (χ0n) is 12.8. The van der Waals surface area contributed by atoms with Crippen molar-refractivity contribution in [2.75, 3.05) is 13.6 Å². The fraction of sp³-hybridized carbons (Fsp3) is 0.533. The van der Waals surface area contributed by atoms with E-state index in [2.05, 4.69) is 83.5 Å². The molecule has 1 aromatic rings. The van der Waals surface area contributed by atoms with Crippen LogP contribution in [-0.4, -0.2) is 25.6 Å². The molecule has 3 nitrogen and oxygen atoms in total. The van der Waals surface area contributed by atoms with Crippen molar-refractivity contribution >= 4 is 45.9 Å². The summed E-state index contributed by atoms with van der Waals surface area (Å²) in [6.45, 7) is 9.50. The standard InChI is InChI=1S/C15H24BrN3.HI/c1-11(2)19-14(17-5)18-10-15(3,4)12-6-8-13(16)9-7-12;/h6-9,11H,10H2,1-5H3,(H2,17,18,19);1H. The number of hydrogen-bond donors (Lipinski definition) is 2. The second kappa shape index (κ2) is 8.87. The molecule has 2 N–H and O–H groups in total. The Bertz CT molecular complexity index is 427. The molecule has 1 aromatic carbocycles. The number of halogens is 2.